The van der Waals surface area contributed by atoms with E-state index in [0.717, 1.165) is 31.7 Å². The van der Waals surface area contributed by atoms with Gasteiger partial charge in [-0.1, -0.05) is 13.0 Å². The fourth-order valence-corrected chi connectivity index (χ4v) is 2.78. The minimum absolute atomic E-state index is 0.0267. The van der Waals surface area contributed by atoms with Gasteiger partial charge < -0.3 is 10.2 Å². The maximum Gasteiger partial charge on any atom is 0.253 e. The summed E-state index contributed by atoms with van der Waals surface area (Å²) >= 11 is 0. The maximum absolute atomic E-state index is 13.6. The van der Waals surface area contributed by atoms with Gasteiger partial charge in [0.1, 0.15) is 11.5 Å². The molecule has 0 atom stereocenters. The Morgan fingerprint density at radius 3 is 2.28 bits per heavy atom. The molecule has 0 spiro atoms. The predicted octanol–water partition coefficient (Wildman–Crippen LogP) is 3.88. The summed E-state index contributed by atoms with van der Waals surface area (Å²) in [7, 11) is 0. The van der Waals surface area contributed by atoms with E-state index in [9.17, 15) is 17.6 Å². The van der Waals surface area contributed by atoms with E-state index >= 15 is 0 Å². The monoisotopic (exact) mass is 354 g/mol. The average molecular weight is 354 g/mol. The molecule has 2 aromatic rings. The zero-order chi connectivity index (χ0) is 18.0. The van der Waals surface area contributed by atoms with Gasteiger partial charge in [-0.3, -0.25) is 0 Å². The SMILES string of the molecule is CC1CCN(c2ccc(CNc3c(F)c(F)nc(F)c3F)cn2)CC1. The van der Waals surface area contributed by atoms with Crippen molar-refractivity contribution in [3.05, 3.63) is 47.4 Å². The van der Waals surface area contributed by atoms with Gasteiger partial charge in [-0.15, -0.1) is 0 Å². The highest BCUT2D eigenvalue weighted by atomic mass is 19.2. The topological polar surface area (TPSA) is 41.0 Å². The van der Waals surface area contributed by atoms with Crippen LogP contribution in [0.4, 0.5) is 29.1 Å². The summed E-state index contributed by atoms with van der Waals surface area (Å²) in [6.45, 7) is 4.08. The van der Waals surface area contributed by atoms with Crippen molar-refractivity contribution in [2.45, 2.75) is 26.3 Å². The molecule has 1 fully saturated rings. The molecule has 1 N–H and O–H groups in total. The summed E-state index contributed by atoms with van der Waals surface area (Å²) in [5.74, 6) is -4.92. The van der Waals surface area contributed by atoms with Gasteiger partial charge >= 0.3 is 0 Å². The number of anilines is 2. The van der Waals surface area contributed by atoms with Crippen LogP contribution in [-0.2, 0) is 6.54 Å². The third kappa shape index (κ3) is 3.83. The zero-order valence-corrected chi connectivity index (χ0v) is 13.7. The van der Waals surface area contributed by atoms with E-state index in [0.29, 0.717) is 11.5 Å². The predicted molar refractivity (Wildman–Crippen MR) is 86.2 cm³/mol. The summed E-state index contributed by atoms with van der Waals surface area (Å²) in [6, 6.07) is 3.59. The summed E-state index contributed by atoms with van der Waals surface area (Å²) in [4.78, 5) is 9.06. The average Bonchev–Trinajstić information content (AvgIpc) is 2.61. The molecule has 0 saturated carbocycles. The first-order valence-electron chi connectivity index (χ1n) is 8.09. The Kier molecular flexibility index (Phi) is 5.06. The van der Waals surface area contributed by atoms with Crippen LogP contribution in [0.25, 0.3) is 0 Å². The highest BCUT2D eigenvalue weighted by Gasteiger charge is 2.20. The Labute approximate surface area is 142 Å². The minimum atomic E-state index is -1.69. The lowest BCUT2D eigenvalue weighted by Gasteiger charge is -2.31. The summed E-state index contributed by atoms with van der Waals surface area (Å²) in [5.41, 5.74) is -0.246. The number of aromatic nitrogens is 2. The van der Waals surface area contributed by atoms with Gasteiger partial charge in [0.25, 0.3) is 11.9 Å². The number of rotatable bonds is 4. The molecule has 1 saturated heterocycles. The third-order valence-electron chi connectivity index (χ3n) is 4.38. The maximum atomic E-state index is 13.6. The number of nitrogens with one attached hydrogen (secondary N) is 1. The Bertz CT molecular complexity index is 717. The second-order valence-electron chi connectivity index (χ2n) is 6.24. The molecule has 0 bridgehead atoms. The fourth-order valence-electron chi connectivity index (χ4n) is 2.78. The van der Waals surface area contributed by atoms with Gasteiger partial charge in [-0.2, -0.15) is 22.5 Å². The summed E-state index contributed by atoms with van der Waals surface area (Å²) in [6.07, 6.45) is 3.80. The number of hydrogen-bond donors (Lipinski definition) is 1. The van der Waals surface area contributed by atoms with Gasteiger partial charge in [0, 0.05) is 25.8 Å². The van der Waals surface area contributed by atoms with Gasteiger partial charge in [0.15, 0.2) is 0 Å². The number of nitrogens with zero attached hydrogens (tertiary/aromatic N) is 3. The molecular weight excluding hydrogens is 336 g/mol. The molecular formula is C17H18F4N4. The first kappa shape index (κ1) is 17.4. The molecule has 2 aromatic heterocycles. The van der Waals surface area contributed by atoms with Gasteiger partial charge in [0.05, 0.1) is 0 Å². The molecule has 0 amide bonds. The lowest BCUT2D eigenvalue weighted by Crippen LogP contribution is -2.33. The van der Waals surface area contributed by atoms with Crippen molar-refractivity contribution in [2.75, 3.05) is 23.3 Å². The molecule has 0 aromatic carbocycles. The Balaban J connectivity index is 1.67. The van der Waals surface area contributed by atoms with E-state index in [1.807, 2.05) is 6.07 Å². The molecule has 3 rings (SSSR count). The van der Waals surface area contributed by atoms with Crippen LogP contribution in [-0.4, -0.2) is 23.1 Å². The second kappa shape index (κ2) is 7.25. The van der Waals surface area contributed by atoms with Crippen molar-refractivity contribution in [3.8, 4) is 0 Å². The van der Waals surface area contributed by atoms with Gasteiger partial charge in [0.2, 0.25) is 11.6 Å². The highest BCUT2D eigenvalue weighted by molar-refractivity contribution is 5.46. The van der Waals surface area contributed by atoms with Crippen molar-refractivity contribution in [1.82, 2.24) is 9.97 Å². The molecule has 1 aliphatic heterocycles. The first-order valence-corrected chi connectivity index (χ1v) is 8.09. The van der Waals surface area contributed by atoms with Crippen molar-refractivity contribution in [2.24, 2.45) is 5.92 Å². The molecule has 134 valence electrons. The van der Waals surface area contributed by atoms with Crippen LogP contribution in [0.1, 0.15) is 25.3 Å². The van der Waals surface area contributed by atoms with E-state index in [1.165, 1.54) is 0 Å². The van der Waals surface area contributed by atoms with Crippen LogP contribution in [0, 0.1) is 29.4 Å². The molecule has 25 heavy (non-hydrogen) atoms. The standard InChI is InChI=1S/C17H18F4N4/c1-10-4-6-25(7-5-10)12-3-2-11(8-22-12)9-23-15-13(18)16(20)24-17(21)14(15)19/h2-3,8,10H,4-7,9H2,1H3,(H,23,24). The van der Waals surface area contributed by atoms with Crippen LogP contribution in [0.2, 0.25) is 0 Å². The van der Waals surface area contributed by atoms with Crippen molar-refractivity contribution in [1.29, 1.82) is 0 Å². The Morgan fingerprint density at radius 1 is 1.08 bits per heavy atom. The fraction of sp³-hybridized carbons (Fsp3) is 0.412. The van der Waals surface area contributed by atoms with Crippen LogP contribution in [0.15, 0.2) is 18.3 Å². The normalized spacial score (nSPS) is 15.5. The Hall–Kier alpha value is -2.38. The number of pyridine rings is 2. The molecule has 0 radical (unpaired) electrons. The third-order valence-corrected chi connectivity index (χ3v) is 4.38. The smallest absolute Gasteiger partial charge is 0.253 e. The van der Waals surface area contributed by atoms with Crippen LogP contribution >= 0.6 is 0 Å². The van der Waals surface area contributed by atoms with E-state index in [2.05, 4.69) is 27.1 Å². The molecule has 1 aliphatic rings. The quantitative estimate of drug-likeness (QED) is 0.668. The van der Waals surface area contributed by atoms with E-state index < -0.39 is 29.2 Å². The number of hydrogen-bond acceptors (Lipinski definition) is 4. The lowest BCUT2D eigenvalue weighted by molar-refractivity contribution is 0.410. The minimum Gasteiger partial charge on any atom is -0.376 e. The first-order chi connectivity index (χ1) is 12.0. The summed E-state index contributed by atoms with van der Waals surface area (Å²) < 4.78 is 53.3. The van der Waals surface area contributed by atoms with Crippen molar-refractivity contribution < 1.29 is 17.6 Å². The van der Waals surface area contributed by atoms with E-state index in [-0.39, 0.29) is 6.54 Å². The van der Waals surface area contributed by atoms with Gasteiger partial charge in [-0.05, 0) is 30.4 Å². The lowest BCUT2D eigenvalue weighted by atomic mass is 9.99. The number of halogens is 4. The molecule has 3 heterocycles. The summed E-state index contributed by atoms with van der Waals surface area (Å²) in [5, 5.41) is 2.36. The van der Waals surface area contributed by atoms with Crippen molar-refractivity contribution >= 4 is 11.5 Å². The van der Waals surface area contributed by atoms with E-state index in [1.54, 1.807) is 12.3 Å². The number of piperidine rings is 1. The second-order valence-corrected chi connectivity index (χ2v) is 6.24. The molecule has 0 unspecified atom stereocenters. The van der Waals surface area contributed by atoms with Crippen molar-refractivity contribution in [3.63, 3.8) is 0 Å². The van der Waals surface area contributed by atoms with Crippen LogP contribution in [0.5, 0.6) is 0 Å². The van der Waals surface area contributed by atoms with Crippen LogP contribution < -0.4 is 10.2 Å². The highest BCUT2D eigenvalue weighted by Crippen LogP contribution is 2.24. The molecule has 8 heteroatoms. The molecule has 4 nitrogen and oxygen atoms in total. The van der Waals surface area contributed by atoms with Crippen LogP contribution in [0.3, 0.4) is 0 Å². The van der Waals surface area contributed by atoms with Gasteiger partial charge in [-0.25, -0.2) is 4.98 Å². The largest absolute Gasteiger partial charge is 0.376 e. The Morgan fingerprint density at radius 2 is 1.72 bits per heavy atom. The zero-order valence-electron chi connectivity index (χ0n) is 13.7. The molecule has 0 aliphatic carbocycles. The van der Waals surface area contributed by atoms with E-state index in [4.69, 9.17) is 0 Å².